The first-order chi connectivity index (χ1) is 13.2. The topological polar surface area (TPSA) is 58.6 Å². The molecule has 2 aliphatic carbocycles. The fraction of sp³-hybridized carbons (Fsp3) is 0.600. The number of piperidine rings is 1. The van der Waals surface area contributed by atoms with Crippen LogP contribution in [0, 0.1) is 11.8 Å². The molecule has 1 aromatic carbocycles. The minimum atomic E-state index is -4.34. The van der Waals surface area contributed by atoms with Gasteiger partial charge in [-0.25, -0.2) is 4.79 Å². The van der Waals surface area contributed by atoms with Gasteiger partial charge in [-0.05, 0) is 42.9 Å². The average molecular weight is 394 g/mol. The minimum absolute atomic E-state index is 0.0967. The largest absolute Gasteiger partial charge is 0.449 e. The molecule has 2 saturated heterocycles. The number of nitrogens with zero attached hydrogens (tertiary/aromatic N) is 1. The molecule has 2 saturated carbocycles. The lowest BCUT2D eigenvalue weighted by Crippen LogP contribution is -2.63. The van der Waals surface area contributed by atoms with Crippen molar-refractivity contribution >= 4 is 12.0 Å². The number of rotatable bonds is 2. The highest BCUT2D eigenvalue weighted by atomic mass is 19.4. The number of amides is 2. The molecular formula is C20H21F3N2O3. The van der Waals surface area contributed by atoms with Gasteiger partial charge in [-0.3, -0.25) is 4.79 Å². The van der Waals surface area contributed by atoms with Crippen molar-refractivity contribution in [3.63, 3.8) is 0 Å². The first-order valence-corrected chi connectivity index (χ1v) is 9.62. The van der Waals surface area contributed by atoms with Crippen LogP contribution in [-0.2, 0) is 21.1 Å². The number of cyclic esters (lactones) is 1. The van der Waals surface area contributed by atoms with Gasteiger partial charge >= 0.3 is 12.3 Å². The van der Waals surface area contributed by atoms with Gasteiger partial charge in [-0.2, -0.15) is 13.2 Å². The van der Waals surface area contributed by atoms with Gasteiger partial charge < -0.3 is 15.0 Å². The van der Waals surface area contributed by atoms with Crippen molar-refractivity contribution in [1.82, 2.24) is 10.2 Å². The average Bonchev–Trinajstić information content (AvgIpc) is 3.20. The molecule has 150 valence electrons. The molecule has 1 N–H and O–H groups in total. The molecule has 0 radical (unpaired) electrons. The zero-order valence-electron chi connectivity index (χ0n) is 15.2. The molecular weight excluding hydrogens is 373 g/mol. The Bertz CT molecular complexity index is 832. The standard InChI is InChI=1S/C20H21F3N2O3/c21-20(22,23)14-3-1-13(2-4-14)19-9-15(19)10-25(11-19)16(26)12-7-18(8-12)5-6-28-17(27)24-18/h1-4,12,15H,5-11H2,(H,24,27)/t12-,15?,18+,19?. The lowest BCUT2D eigenvalue weighted by molar-refractivity contribution is -0.142. The van der Waals surface area contributed by atoms with E-state index < -0.39 is 17.8 Å². The van der Waals surface area contributed by atoms with Crippen LogP contribution in [0.1, 0.15) is 36.8 Å². The summed E-state index contributed by atoms with van der Waals surface area (Å²) in [6, 6.07) is 5.39. The van der Waals surface area contributed by atoms with Crippen LogP contribution in [0.25, 0.3) is 0 Å². The van der Waals surface area contributed by atoms with E-state index >= 15 is 0 Å². The van der Waals surface area contributed by atoms with Crippen LogP contribution in [0.3, 0.4) is 0 Å². The number of ether oxygens (including phenoxy) is 1. The normalized spacial score (nSPS) is 36.4. The van der Waals surface area contributed by atoms with Gasteiger partial charge in [-0.1, -0.05) is 12.1 Å². The number of hydrogen-bond donors (Lipinski definition) is 1. The first-order valence-electron chi connectivity index (χ1n) is 9.62. The highest BCUT2D eigenvalue weighted by Crippen LogP contribution is 2.59. The van der Waals surface area contributed by atoms with E-state index in [0.29, 0.717) is 38.5 Å². The van der Waals surface area contributed by atoms with E-state index in [9.17, 15) is 22.8 Å². The monoisotopic (exact) mass is 394 g/mol. The third kappa shape index (κ3) is 2.68. The molecule has 4 aliphatic rings. The van der Waals surface area contributed by atoms with Crippen LogP contribution in [0.4, 0.5) is 18.0 Å². The van der Waals surface area contributed by atoms with E-state index in [1.54, 1.807) is 12.1 Å². The second-order valence-electron chi connectivity index (χ2n) is 8.75. The van der Waals surface area contributed by atoms with Gasteiger partial charge in [0.2, 0.25) is 5.91 Å². The fourth-order valence-electron chi connectivity index (χ4n) is 5.37. The van der Waals surface area contributed by atoms with E-state index in [1.807, 2.05) is 4.90 Å². The summed E-state index contributed by atoms with van der Waals surface area (Å²) in [5.41, 5.74) is -0.242. The van der Waals surface area contributed by atoms with Crippen LogP contribution in [0.5, 0.6) is 0 Å². The van der Waals surface area contributed by atoms with Crippen LogP contribution in [0.2, 0.25) is 0 Å². The number of alkyl halides is 3. The van der Waals surface area contributed by atoms with Gasteiger partial charge in [0.1, 0.15) is 0 Å². The Balaban J connectivity index is 1.23. The lowest BCUT2D eigenvalue weighted by atomic mass is 9.65. The van der Waals surface area contributed by atoms with Crippen LogP contribution in [-0.4, -0.2) is 42.1 Å². The lowest BCUT2D eigenvalue weighted by Gasteiger charge is -2.49. The predicted octanol–water partition coefficient (Wildman–Crippen LogP) is 3.08. The number of nitrogens with one attached hydrogen (secondary N) is 1. The van der Waals surface area contributed by atoms with Crippen molar-refractivity contribution in [2.24, 2.45) is 11.8 Å². The van der Waals surface area contributed by atoms with Crippen LogP contribution >= 0.6 is 0 Å². The van der Waals surface area contributed by atoms with Crippen molar-refractivity contribution in [2.75, 3.05) is 19.7 Å². The third-order valence-electron chi connectivity index (χ3n) is 7.05. The number of halogens is 3. The van der Waals surface area contributed by atoms with Gasteiger partial charge in [0.05, 0.1) is 12.2 Å². The Labute approximate surface area is 160 Å². The zero-order chi connectivity index (χ0) is 19.7. The quantitative estimate of drug-likeness (QED) is 0.839. The summed E-state index contributed by atoms with van der Waals surface area (Å²) in [6.07, 6.45) is -1.84. The smallest absolute Gasteiger partial charge is 0.416 e. The van der Waals surface area contributed by atoms with Crippen molar-refractivity contribution in [2.45, 2.75) is 42.8 Å². The number of carbonyl (C=O) groups excluding carboxylic acids is 2. The molecule has 2 unspecified atom stereocenters. The Hall–Kier alpha value is -2.25. The highest BCUT2D eigenvalue weighted by molar-refractivity contribution is 5.82. The summed E-state index contributed by atoms with van der Waals surface area (Å²) in [7, 11) is 0. The summed E-state index contributed by atoms with van der Waals surface area (Å²) in [5, 5.41) is 2.85. The molecule has 2 amide bonds. The summed E-state index contributed by atoms with van der Waals surface area (Å²) in [4.78, 5) is 26.2. The number of alkyl carbamates (subject to hydrolysis) is 1. The van der Waals surface area contributed by atoms with Crippen molar-refractivity contribution in [1.29, 1.82) is 0 Å². The molecule has 8 heteroatoms. The van der Waals surface area contributed by atoms with Gasteiger partial charge in [0.25, 0.3) is 0 Å². The maximum absolute atomic E-state index is 12.9. The molecule has 5 rings (SSSR count). The van der Waals surface area contributed by atoms with Crippen molar-refractivity contribution < 1.29 is 27.5 Å². The molecule has 1 spiro atoms. The van der Waals surface area contributed by atoms with Crippen molar-refractivity contribution in [3.05, 3.63) is 35.4 Å². The SMILES string of the molecule is O=C1N[C@]2(CCO1)C[C@H](C(=O)N1CC3CC3(c3ccc(C(F)(F)F)cc3)C1)C2. The molecule has 2 aliphatic heterocycles. The van der Waals surface area contributed by atoms with E-state index in [-0.39, 0.29) is 22.8 Å². The van der Waals surface area contributed by atoms with Gasteiger partial charge in [0.15, 0.2) is 0 Å². The number of hydrogen-bond acceptors (Lipinski definition) is 3. The Morgan fingerprint density at radius 3 is 2.54 bits per heavy atom. The number of benzene rings is 1. The molecule has 0 aromatic heterocycles. The second-order valence-corrected chi connectivity index (χ2v) is 8.75. The predicted molar refractivity (Wildman–Crippen MR) is 92.4 cm³/mol. The zero-order valence-corrected chi connectivity index (χ0v) is 15.2. The molecule has 5 nitrogen and oxygen atoms in total. The van der Waals surface area contributed by atoms with E-state index in [2.05, 4.69) is 5.32 Å². The second kappa shape index (κ2) is 5.64. The highest BCUT2D eigenvalue weighted by Gasteiger charge is 2.63. The summed E-state index contributed by atoms with van der Waals surface area (Å²) < 4.78 is 43.3. The summed E-state index contributed by atoms with van der Waals surface area (Å²) in [5.74, 6) is 0.329. The van der Waals surface area contributed by atoms with E-state index in [0.717, 1.165) is 30.5 Å². The summed E-state index contributed by atoms with van der Waals surface area (Å²) >= 11 is 0. The maximum Gasteiger partial charge on any atom is 0.416 e. The fourth-order valence-corrected chi connectivity index (χ4v) is 5.37. The summed E-state index contributed by atoms with van der Waals surface area (Å²) in [6.45, 7) is 1.62. The molecule has 1 aromatic rings. The molecule has 4 fully saturated rings. The minimum Gasteiger partial charge on any atom is -0.449 e. The Morgan fingerprint density at radius 1 is 1.18 bits per heavy atom. The van der Waals surface area contributed by atoms with Crippen LogP contribution in [0.15, 0.2) is 24.3 Å². The van der Waals surface area contributed by atoms with Gasteiger partial charge in [-0.15, -0.1) is 0 Å². The maximum atomic E-state index is 12.9. The molecule has 2 heterocycles. The third-order valence-corrected chi connectivity index (χ3v) is 7.05. The van der Waals surface area contributed by atoms with E-state index in [1.165, 1.54) is 0 Å². The number of carbonyl (C=O) groups is 2. The van der Waals surface area contributed by atoms with Crippen molar-refractivity contribution in [3.8, 4) is 0 Å². The van der Waals surface area contributed by atoms with Crippen LogP contribution < -0.4 is 5.32 Å². The Kier molecular flexibility index (Phi) is 3.59. The first kappa shape index (κ1) is 17.8. The van der Waals surface area contributed by atoms with E-state index in [4.69, 9.17) is 4.74 Å². The molecule has 0 bridgehead atoms. The van der Waals surface area contributed by atoms with Gasteiger partial charge in [0, 0.05) is 36.4 Å². The number of fused-ring (bicyclic) bond motifs is 1. The number of likely N-dealkylation sites (tertiary alicyclic amines) is 1. The molecule has 28 heavy (non-hydrogen) atoms. The Morgan fingerprint density at radius 2 is 1.89 bits per heavy atom. The molecule has 2 atom stereocenters.